The van der Waals surface area contributed by atoms with Crippen molar-refractivity contribution < 1.29 is 22.8 Å². The summed E-state index contributed by atoms with van der Waals surface area (Å²) in [5.74, 6) is -2.61. The van der Waals surface area contributed by atoms with Gasteiger partial charge in [0.1, 0.15) is 17.7 Å². The molecule has 3 aliphatic rings. The molecule has 0 radical (unpaired) electrons. The molecule has 0 aliphatic carbocycles. The Hall–Kier alpha value is -4.15. The Bertz CT molecular complexity index is 1610. The number of para-hydroxylation sites is 1. The molecule has 204 valence electrons. The first-order valence-electron chi connectivity index (χ1n) is 13.3. The molecule has 3 heterocycles. The third kappa shape index (κ3) is 4.33. The molecule has 3 aromatic carbocycles. The number of hydrazone groups is 1. The zero-order chi connectivity index (χ0) is 28.0. The molecule has 10 heteroatoms. The van der Waals surface area contributed by atoms with Crippen molar-refractivity contribution in [2.24, 2.45) is 11.0 Å². The second-order valence-electron chi connectivity index (χ2n) is 10.3. The number of rotatable bonds is 6. The molecule has 2 fully saturated rings. The number of hydrogen-bond acceptors (Lipinski definition) is 7. The maximum atomic E-state index is 13.8. The van der Waals surface area contributed by atoms with Gasteiger partial charge in [-0.15, -0.1) is 0 Å². The highest BCUT2D eigenvalue weighted by molar-refractivity contribution is 7.89. The highest BCUT2D eigenvalue weighted by atomic mass is 32.2. The standard InChI is InChI=1S/C30H28N4O5S/c1-20-10-14-22(15-11-20)33-29(36)25-26(31-34(27(25)30(33)37)23-8-4-2-5-9-23)28(35)21-12-16-24(17-13-21)40(38,39)32-18-6-3-7-19-32/h2,4-5,8-17,25,27H,3,6-7,18-19H2,1H3. The van der Waals surface area contributed by atoms with Crippen molar-refractivity contribution in [3.63, 3.8) is 0 Å². The van der Waals surface area contributed by atoms with Gasteiger partial charge in [0.2, 0.25) is 21.7 Å². The van der Waals surface area contributed by atoms with Crippen LogP contribution in [0.1, 0.15) is 35.2 Å². The Kier molecular flexibility index (Phi) is 6.59. The van der Waals surface area contributed by atoms with Crippen LogP contribution in [0.25, 0.3) is 0 Å². The molecular weight excluding hydrogens is 528 g/mol. The minimum atomic E-state index is -3.66. The molecule has 3 aliphatic heterocycles. The maximum absolute atomic E-state index is 13.8. The predicted octanol–water partition coefficient (Wildman–Crippen LogP) is 3.79. The van der Waals surface area contributed by atoms with Gasteiger partial charge in [-0.2, -0.15) is 9.41 Å². The third-order valence-electron chi connectivity index (χ3n) is 7.66. The van der Waals surface area contributed by atoms with Crippen LogP contribution in [-0.2, 0) is 19.6 Å². The fourth-order valence-electron chi connectivity index (χ4n) is 5.52. The lowest BCUT2D eigenvalue weighted by molar-refractivity contribution is -0.121. The number of piperidine rings is 1. The number of amides is 2. The van der Waals surface area contributed by atoms with E-state index in [-0.39, 0.29) is 16.2 Å². The number of fused-ring (bicyclic) bond motifs is 1. The summed E-state index contributed by atoms with van der Waals surface area (Å²) in [4.78, 5) is 42.4. The fraction of sp³-hybridized carbons (Fsp3) is 0.267. The van der Waals surface area contributed by atoms with Crippen molar-refractivity contribution in [3.8, 4) is 0 Å². The summed E-state index contributed by atoms with van der Waals surface area (Å²) in [6, 6.07) is 20.7. The first-order chi connectivity index (χ1) is 19.3. The number of imide groups is 1. The molecule has 9 nitrogen and oxygen atoms in total. The molecule has 6 rings (SSSR count). The van der Waals surface area contributed by atoms with Crippen molar-refractivity contribution in [2.45, 2.75) is 37.1 Å². The normalized spacial score (nSPS) is 21.5. The summed E-state index contributed by atoms with van der Waals surface area (Å²) >= 11 is 0. The summed E-state index contributed by atoms with van der Waals surface area (Å²) in [7, 11) is -3.66. The highest BCUT2D eigenvalue weighted by Crippen LogP contribution is 2.38. The van der Waals surface area contributed by atoms with Gasteiger partial charge < -0.3 is 0 Å². The molecule has 2 atom stereocenters. The Labute approximate surface area is 232 Å². The SMILES string of the molecule is Cc1ccc(N2C(=O)C3C(C(=O)c4ccc(S(=O)(=O)N5CCCCC5)cc4)=NN(c4ccccc4)C3C2=O)cc1. The van der Waals surface area contributed by atoms with Crippen molar-refractivity contribution in [2.75, 3.05) is 23.0 Å². The summed E-state index contributed by atoms with van der Waals surface area (Å²) in [6.07, 6.45) is 2.65. The fourth-order valence-corrected chi connectivity index (χ4v) is 7.04. The van der Waals surface area contributed by atoms with E-state index in [0.29, 0.717) is 24.5 Å². The van der Waals surface area contributed by atoms with E-state index >= 15 is 0 Å². The van der Waals surface area contributed by atoms with E-state index in [0.717, 1.165) is 29.7 Å². The van der Waals surface area contributed by atoms with E-state index in [4.69, 9.17) is 0 Å². The van der Waals surface area contributed by atoms with E-state index in [1.54, 1.807) is 36.4 Å². The van der Waals surface area contributed by atoms with Gasteiger partial charge in [-0.25, -0.2) is 13.3 Å². The van der Waals surface area contributed by atoms with Gasteiger partial charge in [0.15, 0.2) is 0 Å². The molecule has 0 bridgehead atoms. The molecule has 2 saturated heterocycles. The lowest BCUT2D eigenvalue weighted by atomic mass is 9.92. The van der Waals surface area contributed by atoms with Crippen molar-refractivity contribution in [1.82, 2.24) is 4.31 Å². The molecule has 40 heavy (non-hydrogen) atoms. The van der Waals surface area contributed by atoms with Crippen LogP contribution in [0.15, 0.2) is 88.9 Å². The average molecular weight is 557 g/mol. The number of anilines is 2. The zero-order valence-electron chi connectivity index (χ0n) is 21.9. The van der Waals surface area contributed by atoms with Gasteiger partial charge >= 0.3 is 0 Å². The van der Waals surface area contributed by atoms with E-state index < -0.39 is 39.6 Å². The van der Waals surface area contributed by atoms with Crippen LogP contribution in [0.4, 0.5) is 11.4 Å². The minimum Gasteiger partial charge on any atom is -0.287 e. The monoisotopic (exact) mass is 556 g/mol. The lowest BCUT2D eigenvalue weighted by Crippen LogP contribution is -2.39. The van der Waals surface area contributed by atoms with Gasteiger partial charge in [0.05, 0.1) is 16.3 Å². The largest absolute Gasteiger partial charge is 0.287 e. The quantitative estimate of drug-likeness (QED) is 0.338. The van der Waals surface area contributed by atoms with Crippen LogP contribution in [-0.4, -0.2) is 55.2 Å². The molecule has 0 aromatic heterocycles. The minimum absolute atomic E-state index is 0.0477. The van der Waals surface area contributed by atoms with Crippen LogP contribution >= 0.6 is 0 Å². The molecule has 2 amide bonds. The third-order valence-corrected chi connectivity index (χ3v) is 9.58. The van der Waals surface area contributed by atoms with E-state index in [9.17, 15) is 22.8 Å². The van der Waals surface area contributed by atoms with Crippen LogP contribution < -0.4 is 9.91 Å². The Morgan fingerprint density at radius 1 is 0.800 bits per heavy atom. The number of carbonyl (C=O) groups is 3. The number of nitrogens with zero attached hydrogens (tertiary/aromatic N) is 4. The van der Waals surface area contributed by atoms with E-state index in [1.807, 2.05) is 25.1 Å². The Morgan fingerprint density at radius 2 is 1.45 bits per heavy atom. The molecular formula is C30H28N4O5S. The summed E-state index contributed by atoms with van der Waals surface area (Å²) in [6.45, 7) is 2.87. The van der Waals surface area contributed by atoms with E-state index in [2.05, 4.69) is 5.10 Å². The van der Waals surface area contributed by atoms with Crippen molar-refractivity contribution >= 4 is 44.7 Å². The van der Waals surface area contributed by atoms with Crippen LogP contribution in [0, 0.1) is 12.8 Å². The first kappa shape index (κ1) is 26.1. The maximum Gasteiger partial charge on any atom is 0.259 e. The van der Waals surface area contributed by atoms with Gasteiger partial charge in [0, 0.05) is 18.7 Å². The van der Waals surface area contributed by atoms with Crippen LogP contribution in [0.5, 0.6) is 0 Å². The second-order valence-corrected chi connectivity index (χ2v) is 12.2. The van der Waals surface area contributed by atoms with Gasteiger partial charge in [-0.1, -0.05) is 42.3 Å². The summed E-state index contributed by atoms with van der Waals surface area (Å²) < 4.78 is 27.6. The predicted molar refractivity (Wildman–Crippen MR) is 151 cm³/mol. The summed E-state index contributed by atoms with van der Waals surface area (Å²) in [5, 5.41) is 5.96. The average Bonchev–Trinajstić information content (AvgIpc) is 3.50. The molecule has 2 unspecified atom stereocenters. The van der Waals surface area contributed by atoms with Crippen molar-refractivity contribution in [1.29, 1.82) is 0 Å². The molecule has 0 spiro atoms. The smallest absolute Gasteiger partial charge is 0.259 e. The van der Waals surface area contributed by atoms with Gasteiger partial charge in [-0.05, 0) is 68.3 Å². The number of hydrogen-bond donors (Lipinski definition) is 0. The number of sulfonamides is 1. The number of ketones is 1. The number of aryl methyl sites for hydroxylation is 1. The molecule has 0 N–H and O–H groups in total. The van der Waals surface area contributed by atoms with Crippen LogP contribution in [0.2, 0.25) is 0 Å². The topological polar surface area (TPSA) is 107 Å². The number of Topliss-reactive ketones (excluding diaryl/α,β-unsaturated/α-hetero) is 1. The molecule has 3 aromatic rings. The van der Waals surface area contributed by atoms with E-state index in [1.165, 1.54) is 33.6 Å². The zero-order valence-corrected chi connectivity index (χ0v) is 22.8. The van der Waals surface area contributed by atoms with Gasteiger partial charge in [0.25, 0.3) is 5.91 Å². The lowest BCUT2D eigenvalue weighted by Gasteiger charge is -2.25. The number of benzene rings is 3. The molecule has 0 saturated carbocycles. The van der Waals surface area contributed by atoms with Gasteiger partial charge in [-0.3, -0.25) is 19.4 Å². The first-order valence-corrected chi connectivity index (χ1v) is 14.7. The van der Waals surface area contributed by atoms with Crippen LogP contribution in [0.3, 0.4) is 0 Å². The number of carbonyl (C=O) groups excluding carboxylic acids is 3. The second kappa shape index (κ2) is 10.1. The Balaban J connectivity index is 1.35. The summed E-state index contributed by atoms with van der Waals surface area (Å²) in [5.41, 5.74) is 2.14. The Morgan fingerprint density at radius 3 is 2.10 bits per heavy atom. The highest BCUT2D eigenvalue weighted by Gasteiger charge is 2.58. The van der Waals surface area contributed by atoms with Crippen molar-refractivity contribution in [3.05, 3.63) is 90.0 Å².